The number of aryl methyl sites for hydroxylation is 1. The molecule has 1 aliphatic rings. The molecular weight excluding hydrogens is 340 g/mol. The second-order valence-electron chi connectivity index (χ2n) is 5.25. The summed E-state index contributed by atoms with van der Waals surface area (Å²) in [4.78, 5) is 12.6. The summed E-state index contributed by atoms with van der Waals surface area (Å²) in [6.07, 6.45) is 1.89. The third kappa shape index (κ3) is 2.88. The van der Waals surface area contributed by atoms with Crippen molar-refractivity contribution in [1.29, 1.82) is 0 Å². The number of halogens is 1. The Labute approximate surface area is 138 Å². The van der Waals surface area contributed by atoms with Crippen molar-refractivity contribution < 1.29 is 4.79 Å². The van der Waals surface area contributed by atoms with Gasteiger partial charge in [0.1, 0.15) is 0 Å². The van der Waals surface area contributed by atoms with E-state index in [1.165, 1.54) is 10.6 Å². The van der Waals surface area contributed by atoms with E-state index in [0.717, 1.165) is 21.4 Å². The summed E-state index contributed by atoms with van der Waals surface area (Å²) in [7, 11) is 0. The highest BCUT2D eigenvalue weighted by Crippen LogP contribution is 2.27. The van der Waals surface area contributed by atoms with Crippen LogP contribution in [-0.2, 0) is 4.79 Å². The summed E-state index contributed by atoms with van der Waals surface area (Å²) < 4.78 is 0.918. The van der Waals surface area contributed by atoms with Crippen molar-refractivity contribution in [3.63, 3.8) is 0 Å². The normalized spacial score (nSPS) is 16.3. The average Bonchev–Trinajstić information content (AvgIpc) is 2.77. The van der Waals surface area contributed by atoms with E-state index < -0.39 is 0 Å². The molecule has 110 valence electrons. The molecule has 1 amide bonds. The molecule has 0 N–H and O–H groups in total. The molecule has 2 aromatic carbocycles. The molecule has 3 rings (SSSR count). The quantitative estimate of drug-likeness (QED) is 0.727. The average molecular weight is 355 g/mol. The van der Waals surface area contributed by atoms with Gasteiger partial charge in [-0.25, -0.2) is 0 Å². The first-order valence-corrected chi connectivity index (χ1v) is 7.78. The SMILES string of the molecule is CC1=NN(c2cccc(Br)c2)C(=O)/C1=C/c1ccc(C)cc1. The monoisotopic (exact) mass is 354 g/mol. The van der Waals surface area contributed by atoms with E-state index in [2.05, 4.69) is 21.0 Å². The van der Waals surface area contributed by atoms with Crippen LogP contribution in [0.25, 0.3) is 6.08 Å². The highest BCUT2D eigenvalue weighted by molar-refractivity contribution is 9.10. The van der Waals surface area contributed by atoms with Crippen LogP contribution in [0.2, 0.25) is 0 Å². The Balaban J connectivity index is 1.94. The van der Waals surface area contributed by atoms with Gasteiger partial charge in [0, 0.05) is 4.47 Å². The molecule has 0 saturated carbocycles. The number of amides is 1. The van der Waals surface area contributed by atoms with E-state index in [-0.39, 0.29) is 5.91 Å². The largest absolute Gasteiger partial charge is 0.280 e. The van der Waals surface area contributed by atoms with Gasteiger partial charge in [0.15, 0.2) is 0 Å². The molecule has 0 unspecified atom stereocenters. The molecule has 2 aromatic rings. The van der Waals surface area contributed by atoms with Gasteiger partial charge in [0.25, 0.3) is 5.91 Å². The van der Waals surface area contributed by atoms with Gasteiger partial charge in [0.05, 0.1) is 17.0 Å². The molecule has 0 aromatic heterocycles. The van der Waals surface area contributed by atoms with Crippen LogP contribution >= 0.6 is 15.9 Å². The first-order chi connectivity index (χ1) is 10.5. The summed E-state index contributed by atoms with van der Waals surface area (Å²) in [6.45, 7) is 3.90. The van der Waals surface area contributed by atoms with Gasteiger partial charge in [-0.2, -0.15) is 10.1 Å². The van der Waals surface area contributed by atoms with Gasteiger partial charge in [-0.15, -0.1) is 0 Å². The van der Waals surface area contributed by atoms with Crippen LogP contribution in [0.5, 0.6) is 0 Å². The van der Waals surface area contributed by atoms with Gasteiger partial charge in [-0.05, 0) is 43.7 Å². The van der Waals surface area contributed by atoms with Crippen molar-refractivity contribution in [2.75, 3.05) is 5.01 Å². The molecule has 1 aliphatic heterocycles. The first-order valence-electron chi connectivity index (χ1n) is 6.98. The minimum Gasteiger partial charge on any atom is -0.267 e. The van der Waals surface area contributed by atoms with Gasteiger partial charge >= 0.3 is 0 Å². The molecule has 3 nitrogen and oxygen atoms in total. The van der Waals surface area contributed by atoms with Crippen LogP contribution < -0.4 is 5.01 Å². The van der Waals surface area contributed by atoms with E-state index in [4.69, 9.17) is 0 Å². The maximum Gasteiger partial charge on any atom is 0.280 e. The number of hydrazone groups is 1. The van der Waals surface area contributed by atoms with E-state index in [1.54, 1.807) is 0 Å². The van der Waals surface area contributed by atoms with Crippen molar-refractivity contribution in [3.8, 4) is 0 Å². The van der Waals surface area contributed by atoms with Crippen LogP contribution in [0.1, 0.15) is 18.1 Å². The lowest BCUT2D eigenvalue weighted by Crippen LogP contribution is -2.21. The molecule has 22 heavy (non-hydrogen) atoms. The van der Waals surface area contributed by atoms with Gasteiger partial charge in [-0.1, -0.05) is 51.8 Å². The molecule has 0 fully saturated rings. The summed E-state index contributed by atoms with van der Waals surface area (Å²) in [5, 5.41) is 5.83. The summed E-state index contributed by atoms with van der Waals surface area (Å²) >= 11 is 3.42. The highest BCUT2D eigenvalue weighted by Gasteiger charge is 2.28. The van der Waals surface area contributed by atoms with Crippen molar-refractivity contribution in [3.05, 3.63) is 69.7 Å². The van der Waals surface area contributed by atoms with Gasteiger partial charge in [-0.3, -0.25) is 4.79 Å². The summed E-state index contributed by atoms with van der Waals surface area (Å²) in [5.74, 6) is -0.101. The molecule has 4 heteroatoms. The predicted octanol–water partition coefficient (Wildman–Crippen LogP) is 4.56. The fourth-order valence-corrected chi connectivity index (χ4v) is 2.68. The lowest BCUT2D eigenvalue weighted by atomic mass is 10.1. The van der Waals surface area contributed by atoms with Crippen molar-refractivity contribution in [2.24, 2.45) is 5.10 Å². The van der Waals surface area contributed by atoms with Crippen LogP contribution in [-0.4, -0.2) is 11.6 Å². The molecule has 0 atom stereocenters. The minimum absolute atomic E-state index is 0.101. The van der Waals surface area contributed by atoms with E-state index >= 15 is 0 Å². The standard InChI is InChI=1S/C18H15BrN2O/c1-12-6-8-14(9-7-12)10-17-13(2)20-21(18(17)22)16-5-3-4-15(19)11-16/h3-11H,1-2H3/b17-10+. The van der Waals surface area contributed by atoms with E-state index in [9.17, 15) is 4.79 Å². The highest BCUT2D eigenvalue weighted by atomic mass is 79.9. The Morgan fingerprint density at radius 2 is 1.82 bits per heavy atom. The molecular formula is C18H15BrN2O. The van der Waals surface area contributed by atoms with Crippen LogP contribution in [0.15, 0.2) is 63.7 Å². The third-order valence-corrected chi connectivity index (χ3v) is 4.00. The van der Waals surface area contributed by atoms with E-state index in [1.807, 2.05) is 68.5 Å². The fraction of sp³-hybridized carbons (Fsp3) is 0.111. The third-order valence-electron chi connectivity index (χ3n) is 3.50. The molecule has 0 radical (unpaired) electrons. The Morgan fingerprint density at radius 1 is 1.09 bits per heavy atom. The Bertz CT molecular complexity index is 791. The van der Waals surface area contributed by atoms with Gasteiger partial charge < -0.3 is 0 Å². The zero-order valence-corrected chi connectivity index (χ0v) is 14.0. The number of benzene rings is 2. The second kappa shape index (κ2) is 5.89. The Hall–Kier alpha value is -2.20. The molecule has 0 saturated heterocycles. The number of nitrogens with zero attached hydrogens (tertiary/aromatic N) is 2. The van der Waals surface area contributed by atoms with Crippen LogP contribution in [0.4, 0.5) is 5.69 Å². The summed E-state index contributed by atoms with van der Waals surface area (Å²) in [6, 6.07) is 15.6. The number of anilines is 1. The number of carbonyl (C=O) groups excluding carboxylic acids is 1. The van der Waals surface area contributed by atoms with Crippen molar-refractivity contribution in [2.45, 2.75) is 13.8 Å². The zero-order chi connectivity index (χ0) is 15.7. The molecule has 0 spiro atoms. The van der Waals surface area contributed by atoms with Crippen molar-refractivity contribution >= 4 is 39.3 Å². The van der Waals surface area contributed by atoms with Crippen LogP contribution in [0, 0.1) is 6.92 Å². The number of carbonyl (C=O) groups is 1. The number of hydrogen-bond acceptors (Lipinski definition) is 2. The maximum absolute atomic E-state index is 12.6. The van der Waals surface area contributed by atoms with Crippen molar-refractivity contribution in [1.82, 2.24) is 0 Å². The topological polar surface area (TPSA) is 32.7 Å². The minimum atomic E-state index is -0.101. The predicted molar refractivity (Wildman–Crippen MR) is 93.9 cm³/mol. The number of rotatable bonds is 2. The Kier molecular flexibility index (Phi) is 3.94. The molecule has 0 aliphatic carbocycles. The van der Waals surface area contributed by atoms with E-state index in [0.29, 0.717) is 5.57 Å². The Morgan fingerprint density at radius 3 is 2.50 bits per heavy atom. The second-order valence-corrected chi connectivity index (χ2v) is 6.17. The number of hydrogen-bond donors (Lipinski definition) is 0. The first kappa shape index (κ1) is 14.7. The zero-order valence-electron chi connectivity index (χ0n) is 12.4. The van der Waals surface area contributed by atoms with Crippen LogP contribution in [0.3, 0.4) is 0 Å². The maximum atomic E-state index is 12.6. The molecule has 0 bridgehead atoms. The lowest BCUT2D eigenvalue weighted by Gasteiger charge is -2.11. The smallest absolute Gasteiger partial charge is 0.267 e. The summed E-state index contributed by atoms with van der Waals surface area (Å²) in [5.41, 5.74) is 4.31. The molecule has 1 heterocycles. The van der Waals surface area contributed by atoms with Gasteiger partial charge in [0.2, 0.25) is 0 Å². The lowest BCUT2D eigenvalue weighted by molar-refractivity contribution is -0.114. The fourth-order valence-electron chi connectivity index (χ4n) is 2.30.